The quantitative estimate of drug-likeness (QED) is 0.159. The van der Waals surface area contributed by atoms with Crippen molar-refractivity contribution in [1.82, 2.24) is 9.97 Å². The van der Waals surface area contributed by atoms with Crippen LogP contribution in [-0.2, 0) is 11.0 Å². The Morgan fingerprint density at radius 2 is 1.73 bits per heavy atom. The number of ether oxygens (including phenoxy) is 2. The molecule has 0 radical (unpaired) electrons. The average molecular weight is 488 g/mol. The van der Waals surface area contributed by atoms with Gasteiger partial charge in [-0.2, -0.15) is 4.98 Å². The molecule has 9 nitrogen and oxygen atoms in total. The first kappa shape index (κ1) is 29.5. The van der Waals surface area contributed by atoms with E-state index in [-0.39, 0.29) is 73.2 Å². The molecule has 164 valence electrons. The van der Waals surface area contributed by atoms with Crippen LogP contribution in [-0.4, -0.2) is 34.0 Å². The fourth-order valence-corrected chi connectivity index (χ4v) is 3.42. The van der Waals surface area contributed by atoms with Crippen molar-refractivity contribution in [3.63, 3.8) is 0 Å². The molecule has 12 heteroatoms. The monoisotopic (exact) mass is 488 g/mol. The Morgan fingerprint density at radius 3 is 2.27 bits per heavy atom. The van der Waals surface area contributed by atoms with Gasteiger partial charge in [-0.1, -0.05) is 11.8 Å². The zero-order chi connectivity index (χ0) is 22.6. The van der Waals surface area contributed by atoms with Gasteiger partial charge < -0.3 is 33.6 Å². The van der Waals surface area contributed by atoms with Crippen LogP contribution in [0.4, 0.5) is 11.8 Å². The van der Waals surface area contributed by atoms with Crippen LogP contribution in [0, 0.1) is 11.8 Å². The Labute approximate surface area is 239 Å². The van der Waals surface area contributed by atoms with Crippen molar-refractivity contribution in [1.29, 1.82) is 0 Å². The minimum atomic E-state index is -4.30. The van der Waals surface area contributed by atoms with Gasteiger partial charge >= 0.3 is 66.7 Å². The molecule has 0 saturated heterocycles. The molecule has 3 rings (SSSR count). The summed E-state index contributed by atoms with van der Waals surface area (Å²) in [6.07, 6.45) is 2.00. The molecule has 0 aliphatic carbocycles. The SMILES string of the molecule is COc1cc(Cc2cnc(N)nc2N)cc(C#Cc2ccc(P(=O)(O)O)cc2)c1OC.[H-].[H-].[Na+].[Na+]. The molecule has 0 atom stereocenters. The van der Waals surface area contributed by atoms with Crippen molar-refractivity contribution in [2.45, 2.75) is 6.42 Å². The van der Waals surface area contributed by atoms with Crippen molar-refractivity contribution in [3.8, 4) is 23.3 Å². The number of hydrogen-bond acceptors (Lipinski definition) is 7. The second-order valence-electron chi connectivity index (χ2n) is 6.54. The van der Waals surface area contributed by atoms with E-state index in [1.807, 2.05) is 12.1 Å². The predicted molar refractivity (Wildman–Crippen MR) is 120 cm³/mol. The molecule has 1 heterocycles. The molecule has 0 bridgehead atoms. The van der Waals surface area contributed by atoms with E-state index in [4.69, 9.17) is 20.9 Å². The van der Waals surface area contributed by atoms with E-state index < -0.39 is 7.60 Å². The summed E-state index contributed by atoms with van der Waals surface area (Å²) in [5.74, 6) is 7.36. The first-order valence-corrected chi connectivity index (χ1v) is 10.6. The normalized spacial score (nSPS) is 10.2. The summed E-state index contributed by atoms with van der Waals surface area (Å²) in [5.41, 5.74) is 14.2. The maximum Gasteiger partial charge on any atom is 1.00 e. The van der Waals surface area contributed by atoms with Crippen molar-refractivity contribution in [2.24, 2.45) is 0 Å². The summed E-state index contributed by atoms with van der Waals surface area (Å²) < 4.78 is 22.2. The fraction of sp³-hybridized carbons (Fsp3) is 0.143. The van der Waals surface area contributed by atoms with Crippen LogP contribution >= 0.6 is 7.60 Å². The van der Waals surface area contributed by atoms with Gasteiger partial charge in [-0.3, -0.25) is 4.57 Å². The maximum atomic E-state index is 11.3. The van der Waals surface area contributed by atoms with Crippen LogP contribution in [0.1, 0.15) is 25.1 Å². The van der Waals surface area contributed by atoms with Crippen LogP contribution in [0.2, 0.25) is 0 Å². The molecule has 0 aliphatic heterocycles. The first-order valence-electron chi connectivity index (χ1n) is 9.01. The zero-order valence-electron chi connectivity index (χ0n) is 20.9. The summed E-state index contributed by atoms with van der Waals surface area (Å²) in [5, 5.41) is -0.0670. The summed E-state index contributed by atoms with van der Waals surface area (Å²) >= 11 is 0. The minimum absolute atomic E-state index is 0. The molecule has 3 aromatic rings. The number of hydrogen-bond donors (Lipinski definition) is 4. The molecule has 0 saturated carbocycles. The molecule has 0 fully saturated rings. The van der Waals surface area contributed by atoms with Gasteiger partial charge in [0.1, 0.15) is 5.82 Å². The fourth-order valence-electron chi connectivity index (χ4n) is 2.89. The number of anilines is 2. The third-order valence-corrected chi connectivity index (χ3v) is 5.37. The van der Waals surface area contributed by atoms with Crippen LogP contribution in [0.25, 0.3) is 0 Å². The smallest absolute Gasteiger partial charge is 1.00 e. The number of aromatic nitrogens is 2. The number of rotatable bonds is 5. The number of methoxy groups -OCH3 is 2. The molecule has 0 unspecified atom stereocenters. The Balaban J connectivity index is 0. The van der Waals surface area contributed by atoms with Gasteiger partial charge in [0, 0.05) is 23.7 Å². The van der Waals surface area contributed by atoms with Crippen molar-refractivity contribution >= 4 is 24.7 Å². The molecule has 6 N–H and O–H groups in total. The standard InChI is InChI=1S/C21H21N4O5P.2Na.2H/c1-29-18-11-14(10-16-12-24-21(23)25-20(16)22)9-15(19(18)30-2)6-3-13-4-7-17(8-5-13)31(26,27)28;;;;/h4-5,7-9,11-12H,10H2,1-2H3,(H2,26,27,28)(H4,22,23,24,25);;;;/q;2*+1;2*-1. The summed E-state index contributed by atoms with van der Waals surface area (Å²) in [7, 11) is -1.25. The Hall–Kier alpha value is -1.57. The third kappa shape index (κ3) is 7.72. The molecule has 0 aliphatic rings. The average Bonchev–Trinajstić information content (AvgIpc) is 2.73. The Morgan fingerprint density at radius 1 is 1.06 bits per heavy atom. The molecule has 2 aromatic carbocycles. The van der Waals surface area contributed by atoms with Crippen molar-refractivity contribution in [3.05, 3.63) is 64.8 Å². The molecule has 0 amide bonds. The maximum absolute atomic E-state index is 11.3. The van der Waals surface area contributed by atoms with Gasteiger partial charge in [0.15, 0.2) is 11.5 Å². The second-order valence-corrected chi connectivity index (χ2v) is 8.14. The molecular weight excluding hydrogens is 465 g/mol. The minimum Gasteiger partial charge on any atom is -1.00 e. The Kier molecular flexibility index (Phi) is 11.4. The van der Waals surface area contributed by atoms with Gasteiger partial charge in [0.2, 0.25) is 5.95 Å². The van der Waals surface area contributed by atoms with E-state index in [1.165, 1.54) is 26.4 Å². The Bertz CT molecular complexity index is 1230. The van der Waals surface area contributed by atoms with Gasteiger partial charge in [-0.25, -0.2) is 4.98 Å². The van der Waals surface area contributed by atoms with Gasteiger partial charge in [-0.05, 0) is 42.0 Å². The molecule has 33 heavy (non-hydrogen) atoms. The largest absolute Gasteiger partial charge is 1.00 e. The van der Waals surface area contributed by atoms with Crippen LogP contribution in [0.3, 0.4) is 0 Å². The predicted octanol–water partition coefficient (Wildman–Crippen LogP) is -4.32. The van der Waals surface area contributed by atoms with Crippen LogP contribution in [0.5, 0.6) is 11.5 Å². The van der Waals surface area contributed by atoms with E-state index >= 15 is 0 Å². The summed E-state index contributed by atoms with van der Waals surface area (Å²) in [4.78, 5) is 26.4. The van der Waals surface area contributed by atoms with Gasteiger partial charge in [-0.15, -0.1) is 0 Å². The number of nitrogen functional groups attached to an aromatic ring is 2. The number of nitrogens with two attached hydrogens (primary N) is 2. The van der Waals surface area contributed by atoms with Crippen molar-refractivity contribution < 1.29 is 85.8 Å². The van der Waals surface area contributed by atoms with Gasteiger partial charge in [0.05, 0.1) is 25.1 Å². The van der Waals surface area contributed by atoms with Crippen LogP contribution < -0.4 is 85.4 Å². The first-order chi connectivity index (χ1) is 14.7. The topological polar surface area (TPSA) is 154 Å². The number of benzene rings is 2. The van der Waals surface area contributed by atoms with Crippen molar-refractivity contribution in [2.75, 3.05) is 25.7 Å². The van der Waals surface area contributed by atoms with E-state index in [0.717, 1.165) is 5.56 Å². The summed E-state index contributed by atoms with van der Waals surface area (Å²) in [6.45, 7) is 0. The molecule has 1 aromatic heterocycles. The molecule has 0 spiro atoms. The summed E-state index contributed by atoms with van der Waals surface area (Å²) in [6, 6.07) is 9.44. The van der Waals surface area contributed by atoms with Crippen LogP contribution in [0.15, 0.2) is 42.6 Å². The van der Waals surface area contributed by atoms with E-state index in [2.05, 4.69) is 21.8 Å². The van der Waals surface area contributed by atoms with E-state index in [0.29, 0.717) is 40.4 Å². The molecular formula is C21H23N4Na2O5P. The third-order valence-electron chi connectivity index (χ3n) is 4.40. The zero-order valence-corrected chi connectivity index (χ0v) is 23.8. The van der Waals surface area contributed by atoms with E-state index in [1.54, 1.807) is 18.3 Å². The second kappa shape index (κ2) is 12.8. The van der Waals surface area contributed by atoms with E-state index in [9.17, 15) is 14.4 Å². The van der Waals surface area contributed by atoms with Gasteiger partial charge in [0.25, 0.3) is 0 Å². The number of nitrogens with zero attached hydrogens (tertiary/aromatic N) is 2.